The van der Waals surface area contributed by atoms with Gasteiger partial charge in [-0.15, -0.1) is 0 Å². The van der Waals surface area contributed by atoms with E-state index in [2.05, 4.69) is 19.9 Å². The first kappa shape index (κ1) is 16.1. The van der Waals surface area contributed by atoms with Crippen molar-refractivity contribution in [3.63, 3.8) is 0 Å². The summed E-state index contributed by atoms with van der Waals surface area (Å²) in [6, 6.07) is 7.32. The smallest absolute Gasteiger partial charge is 0.255 e. The molecule has 0 radical (unpaired) electrons. The highest BCUT2D eigenvalue weighted by molar-refractivity contribution is 6.30. The van der Waals surface area contributed by atoms with Crippen LogP contribution in [-0.4, -0.2) is 31.0 Å². The van der Waals surface area contributed by atoms with Crippen molar-refractivity contribution in [3.8, 4) is 11.4 Å². The molecule has 128 valence electrons. The molecule has 0 saturated carbocycles. The maximum Gasteiger partial charge on any atom is 0.255 e. The first-order valence-corrected chi connectivity index (χ1v) is 8.54. The minimum atomic E-state index is -0.0699. The Morgan fingerprint density at radius 2 is 2.08 bits per heavy atom. The Kier molecular flexibility index (Phi) is 4.15. The van der Waals surface area contributed by atoms with E-state index in [1.165, 1.54) is 0 Å². The van der Waals surface area contributed by atoms with Crippen LogP contribution in [-0.2, 0) is 26.6 Å². The molecule has 1 aliphatic rings. The third kappa shape index (κ3) is 3.23. The Bertz CT molecular complexity index is 960. The van der Waals surface area contributed by atoms with Gasteiger partial charge in [0.05, 0.1) is 17.8 Å². The number of aryl methyl sites for hydroxylation is 1. The number of benzene rings is 1. The van der Waals surface area contributed by atoms with Crippen molar-refractivity contribution in [1.29, 1.82) is 0 Å². The highest BCUT2D eigenvalue weighted by Gasteiger charge is 2.22. The van der Waals surface area contributed by atoms with Gasteiger partial charge in [-0.2, -0.15) is 0 Å². The molecule has 3 heterocycles. The van der Waals surface area contributed by atoms with Crippen molar-refractivity contribution < 1.29 is 0 Å². The van der Waals surface area contributed by atoms with E-state index in [0.717, 1.165) is 42.2 Å². The van der Waals surface area contributed by atoms with Crippen LogP contribution in [0.25, 0.3) is 11.4 Å². The minimum Gasteiger partial charge on any atom is -0.337 e. The summed E-state index contributed by atoms with van der Waals surface area (Å²) in [6.45, 7) is 2.17. The number of imidazole rings is 1. The predicted octanol–water partition coefficient (Wildman–Crippen LogP) is 2.38. The number of aromatic amines is 1. The lowest BCUT2D eigenvalue weighted by Crippen LogP contribution is -2.36. The van der Waals surface area contributed by atoms with Crippen LogP contribution in [0.1, 0.15) is 17.1 Å². The van der Waals surface area contributed by atoms with Crippen molar-refractivity contribution in [3.05, 3.63) is 69.1 Å². The molecule has 0 aliphatic carbocycles. The van der Waals surface area contributed by atoms with Gasteiger partial charge in [-0.3, -0.25) is 9.69 Å². The molecule has 25 heavy (non-hydrogen) atoms. The number of hydrogen-bond donors (Lipinski definition) is 1. The Morgan fingerprint density at radius 3 is 2.80 bits per heavy atom. The molecule has 0 atom stereocenters. The molecule has 2 aromatic heterocycles. The lowest BCUT2D eigenvalue weighted by Gasteiger charge is -2.27. The fourth-order valence-electron chi connectivity index (χ4n) is 3.11. The van der Waals surface area contributed by atoms with Crippen molar-refractivity contribution in [2.24, 2.45) is 7.05 Å². The molecule has 3 aromatic rings. The van der Waals surface area contributed by atoms with E-state index in [-0.39, 0.29) is 5.56 Å². The van der Waals surface area contributed by atoms with Gasteiger partial charge in [0.25, 0.3) is 5.56 Å². The zero-order chi connectivity index (χ0) is 17.4. The SMILES string of the molecule is Cn1ccnc1CN1CCc2nc(-c3ccc(Cl)cc3)[nH]c(=O)c2C1. The topological polar surface area (TPSA) is 66.8 Å². The largest absolute Gasteiger partial charge is 0.337 e. The molecule has 0 bridgehead atoms. The van der Waals surface area contributed by atoms with E-state index in [1.54, 1.807) is 18.3 Å². The van der Waals surface area contributed by atoms with Gasteiger partial charge >= 0.3 is 0 Å². The summed E-state index contributed by atoms with van der Waals surface area (Å²) in [5, 5.41) is 0.661. The van der Waals surface area contributed by atoms with Crippen LogP contribution >= 0.6 is 11.6 Å². The normalized spacial score (nSPS) is 14.5. The number of fused-ring (bicyclic) bond motifs is 1. The summed E-state index contributed by atoms with van der Waals surface area (Å²) in [5.74, 6) is 1.59. The second kappa shape index (κ2) is 6.46. The predicted molar refractivity (Wildman–Crippen MR) is 96.3 cm³/mol. The maximum atomic E-state index is 12.6. The molecule has 0 fully saturated rings. The van der Waals surface area contributed by atoms with Crippen molar-refractivity contribution >= 4 is 11.6 Å². The second-order valence-electron chi connectivity index (χ2n) is 6.26. The van der Waals surface area contributed by atoms with E-state index in [9.17, 15) is 4.79 Å². The fourth-order valence-corrected chi connectivity index (χ4v) is 3.24. The highest BCUT2D eigenvalue weighted by Crippen LogP contribution is 2.21. The fraction of sp³-hybridized carbons (Fsp3) is 0.278. The van der Waals surface area contributed by atoms with Gasteiger partial charge in [0.15, 0.2) is 0 Å². The first-order chi connectivity index (χ1) is 12.1. The molecule has 4 rings (SSSR count). The molecular weight excluding hydrogens is 338 g/mol. The molecule has 1 aliphatic heterocycles. The van der Waals surface area contributed by atoms with Crippen LogP contribution < -0.4 is 5.56 Å². The van der Waals surface area contributed by atoms with Crippen molar-refractivity contribution in [2.75, 3.05) is 6.54 Å². The monoisotopic (exact) mass is 355 g/mol. The highest BCUT2D eigenvalue weighted by atomic mass is 35.5. The van der Waals surface area contributed by atoms with E-state index >= 15 is 0 Å². The molecule has 1 aromatic carbocycles. The summed E-state index contributed by atoms with van der Waals surface area (Å²) < 4.78 is 2.00. The Hall–Kier alpha value is -2.44. The number of aromatic nitrogens is 4. The Balaban J connectivity index is 1.60. The number of H-pyrrole nitrogens is 1. The zero-order valence-corrected chi connectivity index (χ0v) is 14.6. The number of nitrogens with zero attached hydrogens (tertiary/aromatic N) is 4. The number of hydrogen-bond acceptors (Lipinski definition) is 4. The Labute approximate surface area is 150 Å². The molecule has 0 saturated heterocycles. The summed E-state index contributed by atoms with van der Waals surface area (Å²) in [5.41, 5.74) is 2.42. The number of rotatable bonds is 3. The zero-order valence-electron chi connectivity index (χ0n) is 13.9. The second-order valence-corrected chi connectivity index (χ2v) is 6.70. The molecule has 6 nitrogen and oxygen atoms in total. The van der Waals surface area contributed by atoms with Crippen molar-refractivity contribution in [1.82, 2.24) is 24.4 Å². The van der Waals surface area contributed by atoms with E-state index in [1.807, 2.05) is 29.9 Å². The minimum absolute atomic E-state index is 0.0699. The average Bonchev–Trinajstić information content (AvgIpc) is 3.01. The molecular formula is C18H18ClN5O. The lowest BCUT2D eigenvalue weighted by molar-refractivity contribution is 0.233. The number of nitrogens with one attached hydrogen (secondary N) is 1. The summed E-state index contributed by atoms with van der Waals surface area (Å²) in [4.78, 5) is 26.7. The molecule has 0 unspecified atom stereocenters. The van der Waals surface area contributed by atoms with Gasteiger partial charge < -0.3 is 9.55 Å². The van der Waals surface area contributed by atoms with Crippen LogP contribution in [0.15, 0.2) is 41.5 Å². The lowest BCUT2D eigenvalue weighted by atomic mass is 10.1. The molecule has 7 heteroatoms. The summed E-state index contributed by atoms with van der Waals surface area (Å²) in [7, 11) is 1.98. The van der Waals surface area contributed by atoms with Crippen molar-refractivity contribution in [2.45, 2.75) is 19.5 Å². The van der Waals surface area contributed by atoms with E-state index in [0.29, 0.717) is 17.4 Å². The number of halogens is 1. The quantitative estimate of drug-likeness (QED) is 0.783. The summed E-state index contributed by atoms with van der Waals surface area (Å²) >= 11 is 5.93. The van der Waals surface area contributed by atoms with Gasteiger partial charge in [-0.05, 0) is 24.3 Å². The van der Waals surface area contributed by atoms with Gasteiger partial charge in [0, 0.05) is 49.5 Å². The van der Waals surface area contributed by atoms with Crippen LogP contribution in [0.4, 0.5) is 0 Å². The van der Waals surface area contributed by atoms with E-state index < -0.39 is 0 Å². The third-order valence-electron chi connectivity index (χ3n) is 4.55. The van der Waals surface area contributed by atoms with Crippen LogP contribution in [0.3, 0.4) is 0 Å². The molecule has 0 spiro atoms. The first-order valence-electron chi connectivity index (χ1n) is 8.17. The molecule has 0 amide bonds. The average molecular weight is 356 g/mol. The third-order valence-corrected chi connectivity index (χ3v) is 4.80. The van der Waals surface area contributed by atoms with Gasteiger partial charge in [-0.1, -0.05) is 11.6 Å². The summed E-state index contributed by atoms with van der Waals surface area (Å²) in [6.07, 6.45) is 4.48. The van der Waals surface area contributed by atoms with Crippen LogP contribution in [0.5, 0.6) is 0 Å². The Morgan fingerprint density at radius 1 is 1.28 bits per heavy atom. The van der Waals surface area contributed by atoms with E-state index in [4.69, 9.17) is 11.6 Å². The standard InChI is InChI=1S/C18H18ClN5O/c1-23-9-7-20-16(23)11-24-8-6-15-14(10-24)18(25)22-17(21-15)12-2-4-13(19)5-3-12/h2-5,7,9H,6,8,10-11H2,1H3,(H,21,22,25). The van der Waals surface area contributed by atoms with Gasteiger partial charge in [-0.25, -0.2) is 9.97 Å². The maximum absolute atomic E-state index is 12.6. The van der Waals surface area contributed by atoms with Gasteiger partial charge in [0.1, 0.15) is 11.6 Å². The van der Waals surface area contributed by atoms with Gasteiger partial charge in [0.2, 0.25) is 0 Å². The molecule has 1 N–H and O–H groups in total. The van der Waals surface area contributed by atoms with Crippen LogP contribution in [0.2, 0.25) is 5.02 Å². The van der Waals surface area contributed by atoms with Crippen LogP contribution in [0, 0.1) is 0 Å².